The Balaban J connectivity index is 2.02. The van der Waals surface area contributed by atoms with E-state index in [0.717, 1.165) is 6.04 Å². The van der Waals surface area contributed by atoms with Gasteiger partial charge in [-0.15, -0.1) is 6.58 Å². The van der Waals surface area contributed by atoms with Crippen molar-refractivity contribution in [3.8, 4) is 0 Å². The molecule has 0 unspecified atom stereocenters. The first-order chi connectivity index (χ1) is 6.64. The Morgan fingerprint density at radius 1 is 1.36 bits per heavy atom. The Bertz CT molecular complexity index is 168. The van der Waals surface area contributed by atoms with Gasteiger partial charge in [-0.2, -0.15) is 0 Å². The predicted molar refractivity (Wildman–Crippen MR) is 63.5 cm³/mol. The highest BCUT2D eigenvalue weighted by Crippen LogP contribution is 2.27. The second kappa shape index (κ2) is 5.55. The maximum absolute atomic E-state index is 3.76. The summed E-state index contributed by atoms with van der Waals surface area (Å²) in [6, 6.07) is 0.860. The molecule has 0 bridgehead atoms. The van der Waals surface area contributed by atoms with E-state index in [1.165, 1.54) is 45.1 Å². The van der Waals surface area contributed by atoms with Gasteiger partial charge in [-0.25, -0.2) is 0 Å². The number of rotatable bonds is 8. The van der Waals surface area contributed by atoms with Crippen LogP contribution in [-0.2, 0) is 0 Å². The topological polar surface area (TPSA) is 12.0 Å². The number of nitrogens with one attached hydrogen (secondary N) is 1. The summed E-state index contributed by atoms with van der Waals surface area (Å²) in [5.74, 6) is 0. The molecule has 0 heterocycles. The average molecular weight is 195 g/mol. The van der Waals surface area contributed by atoms with Crippen molar-refractivity contribution in [3.63, 3.8) is 0 Å². The van der Waals surface area contributed by atoms with Crippen LogP contribution in [0.3, 0.4) is 0 Å². The van der Waals surface area contributed by atoms with Gasteiger partial charge in [0.25, 0.3) is 0 Å². The van der Waals surface area contributed by atoms with Gasteiger partial charge in [-0.3, -0.25) is 0 Å². The number of hydrogen-bond donors (Lipinski definition) is 1. The lowest BCUT2D eigenvalue weighted by Crippen LogP contribution is -2.23. The van der Waals surface area contributed by atoms with E-state index in [9.17, 15) is 0 Å². The summed E-state index contributed by atoms with van der Waals surface area (Å²) >= 11 is 0. The molecule has 0 saturated heterocycles. The maximum Gasteiger partial charge on any atom is 0.00682 e. The largest absolute Gasteiger partial charge is 0.314 e. The third-order valence-corrected chi connectivity index (χ3v) is 3.07. The van der Waals surface area contributed by atoms with Crippen molar-refractivity contribution in [3.05, 3.63) is 12.7 Å². The summed E-state index contributed by atoms with van der Waals surface area (Å²) in [5, 5.41) is 3.58. The lowest BCUT2D eigenvalue weighted by Gasteiger charge is -2.24. The summed E-state index contributed by atoms with van der Waals surface area (Å²) in [6.07, 6.45) is 9.91. The van der Waals surface area contributed by atoms with E-state index in [0.29, 0.717) is 5.41 Å². The molecule has 0 spiro atoms. The zero-order valence-corrected chi connectivity index (χ0v) is 9.81. The minimum atomic E-state index is 0.505. The van der Waals surface area contributed by atoms with Gasteiger partial charge < -0.3 is 5.32 Å². The Kier molecular flexibility index (Phi) is 4.67. The molecule has 1 saturated carbocycles. The second-order valence-corrected chi connectivity index (χ2v) is 5.32. The third-order valence-electron chi connectivity index (χ3n) is 3.07. The molecular weight excluding hydrogens is 170 g/mol. The summed E-state index contributed by atoms with van der Waals surface area (Å²) < 4.78 is 0. The van der Waals surface area contributed by atoms with E-state index in [1.54, 1.807) is 0 Å². The van der Waals surface area contributed by atoms with Crippen molar-refractivity contribution in [2.45, 2.75) is 58.4 Å². The van der Waals surface area contributed by atoms with Crippen LogP contribution >= 0.6 is 0 Å². The first-order valence-electron chi connectivity index (χ1n) is 5.98. The van der Waals surface area contributed by atoms with Gasteiger partial charge in [-0.1, -0.05) is 19.9 Å². The highest BCUT2D eigenvalue weighted by atomic mass is 14.9. The molecule has 1 heteroatoms. The van der Waals surface area contributed by atoms with Gasteiger partial charge in [0.05, 0.1) is 0 Å². The van der Waals surface area contributed by atoms with E-state index in [1.807, 2.05) is 6.08 Å². The molecular formula is C13H25N. The van der Waals surface area contributed by atoms with E-state index in [2.05, 4.69) is 25.7 Å². The molecule has 0 radical (unpaired) electrons. The monoisotopic (exact) mass is 195 g/mol. The Morgan fingerprint density at radius 2 is 2.07 bits per heavy atom. The predicted octanol–water partition coefficient (Wildman–Crippen LogP) is 3.51. The van der Waals surface area contributed by atoms with Crippen LogP contribution in [0, 0.1) is 5.41 Å². The molecule has 1 N–H and O–H groups in total. The van der Waals surface area contributed by atoms with Crippen LogP contribution in [0.15, 0.2) is 12.7 Å². The van der Waals surface area contributed by atoms with Crippen LogP contribution in [0.5, 0.6) is 0 Å². The molecule has 1 nitrogen and oxygen atoms in total. The highest BCUT2D eigenvalue weighted by molar-refractivity contribution is 4.82. The maximum atomic E-state index is 3.76. The first kappa shape index (κ1) is 11.8. The molecule has 14 heavy (non-hydrogen) atoms. The van der Waals surface area contributed by atoms with E-state index < -0.39 is 0 Å². The Labute approximate surface area is 89.0 Å². The van der Waals surface area contributed by atoms with E-state index in [-0.39, 0.29) is 0 Å². The van der Waals surface area contributed by atoms with E-state index >= 15 is 0 Å². The van der Waals surface area contributed by atoms with Crippen LogP contribution < -0.4 is 5.32 Å². The zero-order valence-electron chi connectivity index (χ0n) is 9.81. The van der Waals surface area contributed by atoms with Gasteiger partial charge in [0, 0.05) is 6.04 Å². The highest BCUT2D eigenvalue weighted by Gasteiger charge is 2.22. The summed E-state index contributed by atoms with van der Waals surface area (Å²) in [4.78, 5) is 0. The third kappa shape index (κ3) is 5.43. The standard InChI is InChI=1S/C13H25N/c1-4-5-6-9-13(2,3)10-11-14-12-7-8-12/h4,12,14H,1,5-11H2,2-3H3. The lowest BCUT2D eigenvalue weighted by molar-refractivity contribution is 0.294. The Morgan fingerprint density at radius 3 is 2.64 bits per heavy atom. The van der Waals surface area contributed by atoms with Crippen molar-refractivity contribution in [2.75, 3.05) is 6.54 Å². The smallest absolute Gasteiger partial charge is 0.00682 e. The van der Waals surface area contributed by atoms with Gasteiger partial charge in [-0.05, 0) is 50.5 Å². The van der Waals surface area contributed by atoms with Crippen LogP contribution in [0.1, 0.15) is 52.4 Å². The molecule has 1 aliphatic rings. The minimum absolute atomic E-state index is 0.505. The van der Waals surface area contributed by atoms with Crippen molar-refractivity contribution in [2.24, 2.45) is 5.41 Å². The minimum Gasteiger partial charge on any atom is -0.314 e. The fourth-order valence-corrected chi connectivity index (χ4v) is 1.75. The van der Waals surface area contributed by atoms with Gasteiger partial charge in [0.2, 0.25) is 0 Å². The first-order valence-corrected chi connectivity index (χ1v) is 5.98. The SMILES string of the molecule is C=CCCCC(C)(C)CCNC1CC1. The Hall–Kier alpha value is -0.300. The zero-order chi connectivity index (χ0) is 10.4. The van der Waals surface area contributed by atoms with Crippen molar-refractivity contribution in [1.82, 2.24) is 5.32 Å². The summed E-state index contributed by atoms with van der Waals surface area (Å²) in [7, 11) is 0. The van der Waals surface area contributed by atoms with Gasteiger partial charge in [0.15, 0.2) is 0 Å². The van der Waals surface area contributed by atoms with Crippen LogP contribution in [0.25, 0.3) is 0 Å². The van der Waals surface area contributed by atoms with Crippen molar-refractivity contribution >= 4 is 0 Å². The van der Waals surface area contributed by atoms with Crippen molar-refractivity contribution in [1.29, 1.82) is 0 Å². The number of allylic oxidation sites excluding steroid dienone is 1. The fourth-order valence-electron chi connectivity index (χ4n) is 1.75. The van der Waals surface area contributed by atoms with Crippen LogP contribution in [0.2, 0.25) is 0 Å². The van der Waals surface area contributed by atoms with Crippen LogP contribution in [0.4, 0.5) is 0 Å². The summed E-state index contributed by atoms with van der Waals surface area (Å²) in [6.45, 7) is 9.72. The van der Waals surface area contributed by atoms with Crippen molar-refractivity contribution < 1.29 is 0 Å². The molecule has 0 aromatic rings. The molecule has 1 fully saturated rings. The molecule has 0 aliphatic heterocycles. The fraction of sp³-hybridized carbons (Fsp3) is 0.846. The van der Waals surface area contributed by atoms with Gasteiger partial charge in [0.1, 0.15) is 0 Å². The van der Waals surface area contributed by atoms with Gasteiger partial charge >= 0.3 is 0 Å². The lowest BCUT2D eigenvalue weighted by atomic mass is 9.84. The molecule has 0 aromatic heterocycles. The number of hydrogen-bond acceptors (Lipinski definition) is 1. The second-order valence-electron chi connectivity index (χ2n) is 5.32. The quantitative estimate of drug-likeness (QED) is 0.461. The molecule has 1 aliphatic carbocycles. The normalized spacial score (nSPS) is 17.0. The molecule has 0 atom stereocenters. The average Bonchev–Trinajstić information content (AvgIpc) is 2.88. The summed E-state index contributed by atoms with van der Waals surface area (Å²) in [5.41, 5.74) is 0.505. The molecule has 1 rings (SSSR count). The molecule has 0 amide bonds. The molecule has 0 aromatic carbocycles. The van der Waals surface area contributed by atoms with Crippen LogP contribution in [-0.4, -0.2) is 12.6 Å². The molecule has 82 valence electrons. The van der Waals surface area contributed by atoms with E-state index in [4.69, 9.17) is 0 Å². The number of unbranched alkanes of at least 4 members (excludes halogenated alkanes) is 1.